The molecule has 19 heavy (non-hydrogen) atoms. The lowest BCUT2D eigenvalue weighted by atomic mass is 10.2. The Morgan fingerprint density at radius 2 is 2.05 bits per heavy atom. The van der Waals surface area contributed by atoms with Crippen molar-refractivity contribution in [2.45, 2.75) is 13.0 Å². The molecule has 0 radical (unpaired) electrons. The van der Waals surface area contributed by atoms with Crippen molar-refractivity contribution in [1.29, 1.82) is 0 Å². The molecule has 2 aromatic heterocycles. The summed E-state index contributed by atoms with van der Waals surface area (Å²) in [5.41, 5.74) is 8.03. The Morgan fingerprint density at radius 1 is 1.16 bits per heavy atom. The van der Waals surface area contributed by atoms with E-state index < -0.39 is 0 Å². The van der Waals surface area contributed by atoms with Crippen LogP contribution in [-0.2, 0) is 13.0 Å². The van der Waals surface area contributed by atoms with Crippen LogP contribution in [0.15, 0.2) is 24.3 Å². The number of para-hydroxylation sites is 1. The molecule has 4 nitrogen and oxygen atoms in total. The van der Waals surface area contributed by atoms with Gasteiger partial charge in [0.2, 0.25) is 0 Å². The van der Waals surface area contributed by atoms with Gasteiger partial charge in [-0.05, 0) is 12.1 Å². The lowest BCUT2D eigenvalue weighted by Crippen LogP contribution is -2.29. The van der Waals surface area contributed by atoms with Crippen LogP contribution >= 0.6 is 22.7 Å². The number of hydrogen-bond acceptors (Lipinski definition) is 6. The van der Waals surface area contributed by atoms with Gasteiger partial charge in [0.15, 0.2) is 10.3 Å². The number of fused-ring (bicyclic) bond motifs is 2. The summed E-state index contributed by atoms with van der Waals surface area (Å²) in [5, 5.41) is 1.77. The summed E-state index contributed by atoms with van der Waals surface area (Å²) >= 11 is 3.35. The summed E-state index contributed by atoms with van der Waals surface area (Å²) in [4.78, 5) is 12.7. The van der Waals surface area contributed by atoms with Gasteiger partial charge in [0, 0.05) is 17.8 Å². The van der Waals surface area contributed by atoms with E-state index in [0.29, 0.717) is 5.13 Å². The van der Waals surface area contributed by atoms with Crippen LogP contribution in [0.1, 0.15) is 10.6 Å². The highest BCUT2D eigenvalue weighted by molar-refractivity contribution is 7.22. The molecule has 3 aromatic rings. The van der Waals surface area contributed by atoms with Crippen LogP contribution in [0.2, 0.25) is 0 Å². The van der Waals surface area contributed by atoms with Gasteiger partial charge in [0.1, 0.15) is 0 Å². The molecule has 0 saturated carbocycles. The summed E-state index contributed by atoms with van der Waals surface area (Å²) in [7, 11) is 0. The second-order valence-electron chi connectivity index (χ2n) is 4.56. The number of rotatable bonds is 1. The maximum atomic E-state index is 5.78. The van der Waals surface area contributed by atoms with E-state index in [1.807, 2.05) is 6.07 Å². The Bertz CT molecular complexity index is 713. The molecule has 0 bridgehead atoms. The molecule has 0 amide bonds. The molecule has 0 atom stereocenters. The summed E-state index contributed by atoms with van der Waals surface area (Å²) in [6, 6.07) is 8.28. The van der Waals surface area contributed by atoms with Crippen molar-refractivity contribution < 1.29 is 0 Å². The number of hydrogen-bond donors (Lipinski definition) is 1. The zero-order valence-electron chi connectivity index (χ0n) is 10.2. The number of anilines is 2. The summed E-state index contributed by atoms with van der Waals surface area (Å²) < 4.78 is 1.24. The number of thiazole rings is 2. The fraction of sp³-hybridized carbons (Fsp3) is 0.231. The summed E-state index contributed by atoms with van der Waals surface area (Å²) in [6.07, 6.45) is 0.957. The second kappa shape index (κ2) is 4.18. The second-order valence-corrected chi connectivity index (χ2v) is 6.68. The van der Waals surface area contributed by atoms with Crippen LogP contribution in [0.4, 0.5) is 10.3 Å². The average Bonchev–Trinajstić information content (AvgIpc) is 2.99. The fourth-order valence-corrected chi connectivity index (χ4v) is 4.26. The predicted molar refractivity (Wildman–Crippen MR) is 80.9 cm³/mol. The van der Waals surface area contributed by atoms with Crippen LogP contribution in [-0.4, -0.2) is 16.5 Å². The topological polar surface area (TPSA) is 55.0 Å². The first kappa shape index (κ1) is 11.2. The molecule has 0 spiro atoms. The van der Waals surface area contributed by atoms with E-state index in [2.05, 4.69) is 28.1 Å². The first-order valence-corrected chi connectivity index (χ1v) is 7.77. The van der Waals surface area contributed by atoms with Gasteiger partial charge in [-0.1, -0.05) is 23.5 Å². The highest BCUT2D eigenvalue weighted by Gasteiger charge is 2.22. The zero-order valence-corrected chi connectivity index (χ0v) is 11.8. The minimum absolute atomic E-state index is 0.677. The van der Waals surface area contributed by atoms with Crippen LogP contribution in [0.5, 0.6) is 0 Å². The third-order valence-corrected chi connectivity index (χ3v) is 5.31. The minimum Gasteiger partial charge on any atom is -0.375 e. The molecule has 6 heteroatoms. The Kier molecular flexibility index (Phi) is 2.46. The molecule has 96 valence electrons. The maximum absolute atomic E-state index is 5.78. The third-order valence-electron chi connectivity index (χ3n) is 3.30. The lowest BCUT2D eigenvalue weighted by Gasteiger charge is -2.25. The van der Waals surface area contributed by atoms with Gasteiger partial charge in [-0.25, -0.2) is 9.97 Å². The Balaban J connectivity index is 1.70. The highest BCUT2D eigenvalue weighted by atomic mass is 32.1. The van der Waals surface area contributed by atoms with Crippen molar-refractivity contribution in [2.24, 2.45) is 0 Å². The van der Waals surface area contributed by atoms with E-state index in [-0.39, 0.29) is 0 Å². The standard InChI is InChI=1S/C13H12N4S2/c14-12-15-9-5-6-17(7-11(9)18-12)13-16-8-3-1-2-4-10(8)19-13/h1-4H,5-7H2,(H2,14,15). The third kappa shape index (κ3) is 1.87. The first-order chi connectivity index (χ1) is 9.29. The van der Waals surface area contributed by atoms with E-state index in [1.54, 1.807) is 22.7 Å². The van der Waals surface area contributed by atoms with Crippen LogP contribution in [0, 0.1) is 0 Å². The smallest absolute Gasteiger partial charge is 0.186 e. The van der Waals surface area contributed by atoms with Crippen molar-refractivity contribution in [1.82, 2.24) is 9.97 Å². The monoisotopic (exact) mass is 288 g/mol. The molecule has 0 saturated heterocycles. The van der Waals surface area contributed by atoms with Gasteiger partial charge in [-0.3, -0.25) is 0 Å². The Hall–Kier alpha value is -1.66. The Morgan fingerprint density at radius 3 is 2.95 bits per heavy atom. The van der Waals surface area contributed by atoms with Crippen molar-refractivity contribution >= 4 is 43.2 Å². The molecular weight excluding hydrogens is 276 g/mol. The molecule has 3 heterocycles. The fourth-order valence-electron chi connectivity index (χ4n) is 2.37. The quantitative estimate of drug-likeness (QED) is 0.748. The molecule has 4 rings (SSSR count). The SMILES string of the molecule is Nc1nc2c(s1)CN(c1nc3ccccc3s1)CC2. The van der Waals surface area contributed by atoms with Crippen LogP contribution in [0.25, 0.3) is 10.2 Å². The van der Waals surface area contributed by atoms with Gasteiger partial charge < -0.3 is 10.6 Å². The van der Waals surface area contributed by atoms with Gasteiger partial charge in [-0.15, -0.1) is 11.3 Å². The predicted octanol–water partition coefficient (Wildman–Crippen LogP) is 2.90. The Labute approximate surface area is 118 Å². The van der Waals surface area contributed by atoms with Crippen LogP contribution in [0.3, 0.4) is 0 Å². The molecule has 0 aliphatic carbocycles. The first-order valence-electron chi connectivity index (χ1n) is 6.14. The lowest BCUT2D eigenvalue weighted by molar-refractivity contribution is 0.727. The van der Waals surface area contributed by atoms with Gasteiger partial charge in [-0.2, -0.15) is 0 Å². The van der Waals surface area contributed by atoms with Crippen LogP contribution < -0.4 is 10.6 Å². The van der Waals surface area contributed by atoms with E-state index in [0.717, 1.165) is 30.2 Å². The summed E-state index contributed by atoms with van der Waals surface area (Å²) in [5.74, 6) is 0. The van der Waals surface area contributed by atoms with E-state index in [1.165, 1.54) is 15.3 Å². The maximum Gasteiger partial charge on any atom is 0.186 e. The van der Waals surface area contributed by atoms with Crippen molar-refractivity contribution in [3.8, 4) is 0 Å². The molecule has 1 aliphatic rings. The van der Waals surface area contributed by atoms with Gasteiger partial charge in [0.25, 0.3) is 0 Å². The van der Waals surface area contributed by atoms with Crippen molar-refractivity contribution in [3.63, 3.8) is 0 Å². The molecule has 1 aromatic carbocycles. The molecule has 0 unspecified atom stereocenters. The normalized spacial score (nSPS) is 14.8. The van der Waals surface area contributed by atoms with Gasteiger partial charge in [0.05, 0.1) is 22.5 Å². The number of nitrogens with zero attached hydrogens (tertiary/aromatic N) is 3. The minimum atomic E-state index is 0.677. The average molecular weight is 288 g/mol. The zero-order chi connectivity index (χ0) is 12.8. The van der Waals surface area contributed by atoms with Gasteiger partial charge >= 0.3 is 0 Å². The molecule has 2 N–H and O–H groups in total. The number of aromatic nitrogens is 2. The molecule has 0 fully saturated rings. The number of nitrogen functional groups attached to an aromatic ring is 1. The largest absolute Gasteiger partial charge is 0.375 e. The number of nitrogens with two attached hydrogens (primary N) is 1. The van der Waals surface area contributed by atoms with Crippen molar-refractivity contribution in [3.05, 3.63) is 34.8 Å². The van der Waals surface area contributed by atoms with Crippen molar-refractivity contribution in [2.75, 3.05) is 17.2 Å². The van der Waals surface area contributed by atoms with E-state index in [4.69, 9.17) is 10.7 Å². The van der Waals surface area contributed by atoms with E-state index >= 15 is 0 Å². The highest BCUT2D eigenvalue weighted by Crippen LogP contribution is 2.33. The molecule has 1 aliphatic heterocycles. The van der Waals surface area contributed by atoms with E-state index in [9.17, 15) is 0 Å². The molecular formula is C13H12N4S2. The summed E-state index contributed by atoms with van der Waals surface area (Å²) in [6.45, 7) is 1.85. The number of benzene rings is 1.